The summed E-state index contributed by atoms with van der Waals surface area (Å²) in [7, 11) is -4.30. The number of hydrogen-bond acceptors (Lipinski definition) is 7. The van der Waals surface area contributed by atoms with Crippen LogP contribution in [0.5, 0.6) is 0 Å². The number of rotatable bonds is 5. The maximum Gasteiger partial charge on any atom is 0.325 e. The smallest absolute Gasteiger partial charge is 0.325 e. The van der Waals surface area contributed by atoms with Crippen molar-refractivity contribution in [3.05, 3.63) is 28.4 Å². The number of aliphatic hydroxyl groups is 2. The van der Waals surface area contributed by atoms with Gasteiger partial charge in [0.05, 0.1) is 12.3 Å². The molecule has 4 atom stereocenters. The zero-order chi connectivity index (χ0) is 17.4. The van der Waals surface area contributed by atoms with Gasteiger partial charge in [-0.05, 0) is 6.42 Å². The Morgan fingerprint density at radius 3 is 2.61 bits per heavy atom. The van der Waals surface area contributed by atoms with E-state index in [2.05, 4.69) is 4.98 Å². The largest absolute Gasteiger partial charge is 0.388 e. The molecular weight excluding hydrogens is 333 g/mol. The van der Waals surface area contributed by atoms with Crippen LogP contribution >= 0.6 is 7.60 Å². The van der Waals surface area contributed by atoms with Gasteiger partial charge in [0, 0.05) is 12.4 Å². The maximum absolute atomic E-state index is 12.1. The lowest BCUT2D eigenvalue weighted by Gasteiger charge is -2.17. The lowest BCUT2D eigenvalue weighted by Crippen LogP contribution is -2.37. The van der Waals surface area contributed by atoms with E-state index in [-0.39, 0.29) is 6.42 Å². The molecule has 12 heteroatoms. The topological polar surface area (TPSA) is 185 Å². The lowest BCUT2D eigenvalue weighted by atomic mass is 10.1. The van der Waals surface area contributed by atoms with E-state index < -0.39 is 55.5 Å². The Kier molecular flexibility index (Phi) is 4.99. The number of amides is 1. The zero-order valence-electron chi connectivity index (χ0n) is 11.7. The van der Waals surface area contributed by atoms with Gasteiger partial charge in [-0.25, -0.2) is 4.98 Å². The predicted octanol–water partition coefficient (Wildman–Crippen LogP) is -2.47. The van der Waals surface area contributed by atoms with E-state index in [1.807, 2.05) is 0 Å². The van der Waals surface area contributed by atoms with Crippen molar-refractivity contribution in [2.75, 3.05) is 6.16 Å². The molecule has 0 aromatic carbocycles. The van der Waals surface area contributed by atoms with E-state index in [1.165, 1.54) is 0 Å². The number of nitrogens with two attached hydrogens (primary N) is 1. The summed E-state index contributed by atoms with van der Waals surface area (Å²) >= 11 is 0. The molecule has 1 aliphatic heterocycles. The number of carbonyl (C=O) groups excluding carboxylic acids is 1. The monoisotopic (exact) mass is 349 g/mol. The Hall–Kier alpha value is -1.62. The molecule has 1 saturated heterocycles. The molecule has 1 aliphatic rings. The van der Waals surface area contributed by atoms with Crippen molar-refractivity contribution in [3.63, 3.8) is 0 Å². The van der Waals surface area contributed by atoms with E-state index in [0.29, 0.717) is 0 Å². The molecule has 1 aromatic heterocycles. The number of nitrogens with zero attached hydrogens (tertiary/aromatic N) is 2. The molecule has 1 aromatic rings. The minimum atomic E-state index is -4.30. The van der Waals surface area contributed by atoms with Crippen LogP contribution in [-0.4, -0.2) is 59.9 Å². The third-order valence-corrected chi connectivity index (χ3v) is 4.26. The number of primary amides is 1. The van der Waals surface area contributed by atoms with Crippen molar-refractivity contribution in [3.8, 4) is 0 Å². The van der Waals surface area contributed by atoms with Gasteiger partial charge in [-0.1, -0.05) is 0 Å². The first kappa shape index (κ1) is 17.7. The summed E-state index contributed by atoms with van der Waals surface area (Å²) in [5.41, 5.74) is 3.54. The summed E-state index contributed by atoms with van der Waals surface area (Å²) in [4.78, 5) is 44.4. The second-order valence-corrected chi connectivity index (χ2v) is 6.85. The fraction of sp³-hybridized carbons (Fsp3) is 0.545. The molecule has 0 saturated carbocycles. The van der Waals surface area contributed by atoms with Gasteiger partial charge >= 0.3 is 7.60 Å². The van der Waals surface area contributed by atoms with E-state index in [0.717, 1.165) is 17.0 Å². The van der Waals surface area contributed by atoms with Gasteiger partial charge in [0.15, 0.2) is 11.9 Å². The highest BCUT2D eigenvalue weighted by molar-refractivity contribution is 7.51. The van der Waals surface area contributed by atoms with Gasteiger partial charge < -0.3 is 30.5 Å². The third-order valence-electron chi connectivity index (χ3n) is 3.42. The first-order chi connectivity index (χ1) is 10.6. The molecule has 23 heavy (non-hydrogen) atoms. The SMILES string of the molecule is NC(=O)c1nccn(C2OC(CCP(=O)(O)O)C(O)C2O)c1=O. The third kappa shape index (κ3) is 3.83. The van der Waals surface area contributed by atoms with Gasteiger partial charge in [-0.3, -0.25) is 18.7 Å². The van der Waals surface area contributed by atoms with E-state index >= 15 is 0 Å². The molecule has 4 unspecified atom stereocenters. The summed E-state index contributed by atoms with van der Waals surface area (Å²) in [6, 6.07) is 0. The van der Waals surface area contributed by atoms with Gasteiger partial charge in [-0.2, -0.15) is 0 Å². The van der Waals surface area contributed by atoms with Gasteiger partial charge in [0.2, 0.25) is 0 Å². The van der Waals surface area contributed by atoms with E-state index in [1.54, 1.807) is 0 Å². The van der Waals surface area contributed by atoms with Crippen LogP contribution in [0.15, 0.2) is 17.2 Å². The van der Waals surface area contributed by atoms with E-state index in [4.69, 9.17) is 20.3 Å². The van der Waals surface area contributed by atoms with Crippen LogP contribution in [0, 0.1) is 0 Å². The molecule has 0 aliphatic carbocycles. The molecule has 1 fully saturated rings. The normalized spacial score (nSPS) is 28.0. The minimum absolute atomic E-state index is 0.221. The van der Waals surface area contributed by atoms with Crippen molar-refractivity contribution in [1.29, 1.82) is 0 Å². The number of ether oxygens (including phenoxy) is 1. The average Bonchev–Trinajstić information content (AvgIpc) is 2.72. The zero-order valence-corrected chi connectivity index (χ0v) is 12.6. The van der Waals surface area contributed by atoms with Crippen molar-refractivity contribution in [2.45, 2.75) is 31.0 Å². The molecule has 2 rings (SSSR count). The van der Waals surface area contributed by atoms with Crippen LogP contribution in [0.3, 0.4) is 0 Å². The molecule has 2 heterocycles. The van der Waals surface area contributed by atoms with Crippen LogP contribution < -0.4 is 11.3 Å². The standard InChI is InChI=1S/C11H16N3O8P/c12-9(17)6-10(18)14(3-2-13-6)11-8(16)7(15)5(22-11)1-4-23(19,20)21/h2-3,5,7-8,11,15-16H,1,4H2,(H2,12,17)(H2,19,20,21). The maximum atomic E-state index is 12.1. The van der Waals surface area contributed by atoms with Crippen LogP contribution in [0.4, 0.5) is 0 Å². The van der Waals surface area contributed by atoms with Crippen LogP contribution in [0.2, 0.25) is 0 Å². The van der Waals surface area contributed by atoms with Gasteiger partial charge in [0.1, 0.15) is 12.2 Å². The Morgan fingerprint density at radius 1 is 1.39 bits per heavy atom. The van der Waals surface area contributed by atoms with E-state index in [9.17, 15) is 24.4 Å². The summed E-state index contributed by atoms with van der Waals surface area (Å²) in [5, 5.41) is 19.9. The molecule has 6 N–H and O–H groups in total. The molecular formula is C11H16N3O8P. The first-order valence-corrected chi connectivity index (χ1v) is 8.34. The predicted molar refractivity (Wildman–Crippen MR) is 74.5 cm³/mol. The molecule has 0 spiro atoms. The summed E-state index contributed by atoms with van der Waals surface area (Å²) in [6.45, 7) is 0. The van der Waals surface area contributed by atoms with Crippen LogP contribution in [0.25, 0.3) is 0 Å². The molecule has 1 amide bonds. The van der Waals surface area contributed by atoms with Crippen molar-refractivity contribution >= 4 is 13.5 Å². The average molecular weight is 349 g/mol. The quantitative estimate of drug-likeness (QED) is 0.359. The second-order valence-electron chi connectivity index (χ2n) is 5.08. The highest BCUT2D eigenvalue weighted by Gasteiger charge is 2.44. The molecule has 0 bridgehead atoms. The van der Waals surface area contributed by atoms with Crippen LogP contribution in [0.1, 0.15) is 23.1 Å². The Balaban J connectivity index is 2.25. The number of aliphatic hydroxyl groups excluding tert-OH is 2. The van der Waals surface area contributed by atoms with Crippen molar-refractivity contribution in [2.24, 2.45) is 5.73 Å². The molecule has 128 valence electrons. The minimum Gasteiger partial charge on any atom is -0.388 e. The summed E-state index contributed by atoms with van der Waals surface area (Å²) < 4.78 is 17.0. The van der Waals surface area contributed by atoms with Crippen LogP contribution in [-0.2, 0) is 9.30 Å². The van der Waals surface area contributed by atoms with Crippen molar-refractivity contribution in [1.82, 2.24) is 9.55 Å². The van der Waals surface area contributed by atoms with Crippen molar-refractivity contribution < 1.29 is 34.1 Å². The lowest BCUT2D eigenvalue weighted by molar-refractivity contribution is -0.0399. The Labute approximate surface area is 129 Å². The summed E-state index contributed by atoms with van der Waals surface area (Å²) in [5.74, 6) is -1.06. The summed E-state index contributed by atoms with van der Waals surface area (Å²) in [6.07, 6.45) is -3.93. The first-order valence-electron chi connectivity index (χ1n) is 6.55. The second kappa shape index (κ2) is 6.48. The van der Waals surface area contributed by atoms with Gasteiger partial charge in [0.25, 0.3) is 11.5 Å². The fourth-order valence-corrected chi connectivity index (χ4v) is 2.88. The molecule has 0 radical (unpaired) electrons. The number of carbonyl (C=O) groups is 1. The number of hydrogen-bond donors (Lipinski definition) is 5. The van der Waals surface area contributed by atoms with Gasteiger partial charge in [-0.15, -0.1) is 0 Å². The molecule has 11 nitrogen and oxygen atoms in total. The Bertz CT molecular complexity index is 701. The number of aromatic nitrogens is 2. The fourth-order valence-electron chi connectivity index (χ4n) is 2.29. The highest BCUT2D eigenvalue weighted by atomic mass is 31.2. The highest BCUT2D eigenvalue weighted by Crippen LogP contribution is 2.38. The Morgan fingerprint density at radius 2 is 2.04 bits per heavy atom.